The minimum absolute atomic E-state index is 0.0954. The summed E-state index contributed by atoms with van der Waals surface area (Å²) in [6.45, 7) is 5.69. The van der Waals surface area contributed by atoms with Gasteiger partial charge in [0.2, 0.25) is 0 Å². The van der Waals surface area contributed by atoms with Crippen molar-refractivity contribution in [3.05, 3.63) is 59.4 Å². The molecule has 5 nitrogen and oxygen atoms in total. The molecule has 1 aromatic carbocycles. The predicted molar refractivity (Wildman–Crippen MR) is 102 cm³/mol. The Bertz CT molecular complexity index is 795. The normalized spacial score (nSPS) is 14.3. The van der Waals surface area contributed by atoms with Crippen LogP contribution in [0.1, 0.15) is 65.6 Å². The van der Waals surface area contributed by atoms with Gasteiger partial charge >= 0.3 is 0 Å². The first kappa shape index (κ1) is 18.1. The Morgan fingerprint density at radius 3 is 2.38 bits per heavy atom. The van der Waals surface area contributed by atoms with Crippen LogP contribution in [-0.4, -0.2) is 34.8 Å². The number of hydrogen-bond acceptors (Lipinski definition) is 3. The molecule has 0 unspecified atom stereocenters. The molecule has 1 N–H and O–H groups in total. The van der Waals surface area contributed by atoms with Crippen LogP contribution in [0.25, 0.3) is 0 Å². The Labute approximate surface area is 154 Å². The molecule has 3 rings (SSSR count). The van der Waals surface area contributed by atoms with Gasteiger partial charge in [0.1, 0.15) is 11.4 Å². The molecule has 1 saturated heterocycles. The first-order chi connectivity index (χ1) is 12.6. The number of benzene rings is 1. The molecular weight excluding hydrogens is 326 g/mol. The van der Waals surface area contributed by atoms with E-state index in [-0.39, 0.29) is 17.5 Å². The highest BCUT2D eigenvalue weighted by molar-refractivity contribution is 6.04. The van der Waals surface area contributed by atoms with Crippen LogP contribution in [0.4, 0.5) is 5.69 Å². The van der Waals surface area contributed by atoms with E-state index >= 15 is 0 Å². The Morgan fingerprint density at radius 1 is 0.962 bits per heavy atom. The highest BCUT2D eigenvalue weighted by Gasteiger charge is 2.20. The van der Waals surface area contributed by atoms with Crippen molar-refractivity contribution >= 4 is 17.5 Å². The van der Waals surface area contributed by atoms with Gasteiger partial charge in [-0.25, -0.2) is 4.98 Å². The highest BCUT2D eigenvalue weighted by Crippen LogP contribution is 2.24. The number of pyridine rings is 1. The van der Waals surface area contributed by atoms with Crippen LogP contribution in [0.15, 0.2) is 42.5 Å². The number of nitrogens with one attached hydrogen (secondary N) is 1. The number of piperidine rings is 1. The van der Waals surface area contributed by atoms with E-state index in [0.717, 1.165) is 43.6 Å². The summed E-state index contributed by atoms with van der Waals surface area (Å²) in [4.78, 5) is 31.4. The van der Waals surface area contributed by atoms with E-state index in [1.54, 1.807) is 18.2 Å². The van der Waals surface area contributed by atoms with Crippen LogP contribution in [0.2, 0.25) is 0 Å². The Balaban J connectivity index is 1.77. The molecule has 0 saturated carbocycles. The Morgan fingerprint density at radius 2 is 1.65 bits per heavy atom. The van der Waals surface area contributed by atoms with Gasteiger partial charge in [0, 0.05) is 18.8 Å². The molecule has 2 heterocycles. The average molecular weight is 351 g/mol. The second kappa shape index (κ2) is 8.13. The topological polar surface area (TPSA) is 62.3 Å². The van der Waals surface area contributed by atoms with Gasteiger partial charge in [-0.3, -0.25) is 9.59 Å². The summed E-state index contributed by atoms with van der Waals surface area (Å²) in [5.74, 6) is -0.0974. The van der Waals surface area contributed by atoms with Gasteiger partial charge in [-0.15, -0.1) is 0 Å². The maximum absolute atomic E-state index is 12.6. The van der Waals surface area contributed by atoms with Gasteiger partial charge in [0.05, 0.1) is 0 Å². The number of carbonyl (C=O) groups excluding carboxylic acids is 2. The monoisotopic (exact) mass is 351 g/mol. The standard InChI is InChI=1S/C21H25N3O2/c1-15(2)16-9-4-5-10-17(16)23-20(25)18-11-8-12-19(22-18)21(26)24-13-6-3-7-14-24/h4-5,8-12,15H,3,6-7,13-14H2,1-2H3,(H,23,25). The molecular formula is C21H25N3O2. The number of amides is 2. The zero-order chi connectivity index (χ0) is 18.5. The number of hydrogen-bond donors (Lipinski definition) is 1. The third-order valence-corrected chi connectivity index (χ3v) is 4.68. The molecule has 2 amide bonds. The lowest BCUT2D eigenvalue weighted by molar-refractivity contribution is 0.0718. The number of rotatable bonds is 4. The van der Waals surface area contributed by atoms with Crippen molar-refractivity contribution in [1.82, 2.24) is 9.88 Å². The third kappa shape index (κ3) is 4.10. The predicted octanol–water partition coefficient (Wildman–Crippen LogP) is 4.08. The maximum Gasteiger partial charge on any atom is 0.274 e. The van der Waals surface area contributed by atoms with Gasteiger partial charge in [-0.1, -0.05) is 38.1 Å². The molecule has 0 spiro atoms. The lowest BCUT2D eigenvalue weighted by atomic mass is 10.0. The lowest BCUT2D eigenvalue weighted by Gasteiger charge is -2.26. The summed E-state index contributed by atoms with van der Waals surface area (Å²) in [5.41, 5.74) is 2.44. The first-order valence-electron chi connectivity index (χ1n) is 9.23. The molecule has 1 fully saturated rings. The van der Waals surface area contributed by atoms with E-state index in [1.807, 2.05) is 29.2 Å². The third-order valence-electron chi connectivity index (χ3n) is 4.68. The summed E-state index contributed by atoms with van der Waals surface area (Å²) >= 11 is 0. The summed E-state index contributed by atoms with van der Waals surface area (Å²) in [6, 6.07) is 12.8. The second-order valence-electron chi connectivity index (χ2n) is 6.96. The minimum atomic E-state index is -0.300. The van der Waals surface area contributed by atoms with E-state index in [9.17, 15) is 9.59 Å². The van der Waals surface area contributed by atoms with Crippen molar-refractivity contribution in [2.75, 3.05) is 18.4 Å². The summed E-state index contributed by atoms with van der Waals surface area (Å²) in [5, 5.41) is 2.93. The summed E-state index contributed by atoms with van der Waals surface area (Å²) in [7, 11) is 0. The number of carbonyl (C=O) groups is 2. The van der Waals surface area contributed by atoms with Crippen molar-refractivity contribution < 1.29 is 9.59 Å². The lowest BCUT2D eigenvalue weighted by Crippen LogP contribution is -2.36. The number of nitrogens with zero attached hydrogens (tertiary/aromatic N) is 2. The van der Waals surface area contributed by atoms with Gasteiger partial charge < -0.3 is 10.2 Å². The van der Waals surface area contributed by atoms with E-state index in [4.69, 9.17) is 0 Å². The highest BCUT2D eigenvalue weighted by atomic mass is 16.2. The van der Waals surface area contributed by atoms with Crippen LogP contribution in [-0.2, 0) is 0 Å². The SMILES string of the molecule is CC(C)c1ccccc1NC(=O)c1cccc(C(=O)N2CCCCC2)n1. The van der Waals surface area contributed by atoms with Crippen LogP contribution in [0.5, 0.6) is 0 Å². The number of anilines is 1. The molecule has 26 heavy (non-hydrogen) atoms. The molecule has 0 aliphatic carbocycles. The molecule has 5 heteroatoms. The fraction of sp³-hybridized carbons (Fsp3) is 0.381. The number of aromatic nitrogens is 1. The van der Waals surface area contributed by atoms with E-state index in [2.05, 4.69) is 24.1 Å². The fourth-order valence-corrected chi connectivity index (χ4v) is 3.24. The molecule has 2 aromatic rings. The molecule has 0 bridgehead atoms. The van der Waals surface area contributed by atoms with Crippen molar-refractivity contribution in [3.63, 3.8) is 0 Å². The van der Waals surface area contributed by atoms with Gasteiger partial charge in [-0.2, -0.15) is 0 Å². The second-order valence-corrected chi connectivity index (χ2v) is 6.96. The van der Waals surface area contributed by atoms with Crippen LogP contribution < -0.4 is 5.32 Å². The minimum Gasteiger partial charge on any atom is -0.337 e. The molecule has 0 radical (unpaired) electrons. The quantitative estimate of drug-likeness (QED) is 0.903. The van der Waals surface area contributed by atoms with Gasteiger partial charge in [0.25, 0.3) is 11.8 Å². The van der Waals surface area contributed by atoms with Crippen molar-refractivity contribution in [3.8, 4) is 0 Å². The molecule has 1 aliphatic rings. The largest absolute Gasteiger partial charge is 0.337 e. The maximum atomic E-state index is 12.6. The van der Waals surface area contributed by atoms with Crippen molar-refractivity contribution in [1.29, 1.82) is 0 Å². The van der Waals surface area contributed by atoms with Crippen LogP contribution >= 0.6 is 0 Å². The van der Waals surface area contributed by atoms with Crippen LogP contribution in [0.3, 0.4) is 0 Å². The van der Waals surface area contributed by atoms with E-state index in [0.29, 0.717) is 11.6 Å². The van der Waals surface area contributed by atoms with E-state index in [1.165, 1.54) is 0 Å². The smallest absolute Gasteiger partial charge is 0.274 e. The fourth-order valence-electron chi connectivity index (χ4n) is 3.24. The first-order valence-corrected chi connectivity index (χ1v) is 9.23. The van der Waals surface area contributed by atoms with Gasteiger partial charge in [-0.05, 0) is 48.9 Å². The molecule has 1 aromatic heterocycles. The van der Waals surface area contributed by atoms with Crippen molar-refractivity contribution in [2.24, 2.45) is 0 Å². The number of likely N-dealkylation sites (tertiary alicyclic amines) is 1. The summed E-state index contributed by atoms with van der Waals surface area (Å²) in [6.07, 6.45) is 3.21. The zero-order valence-corrected chi connectivity index (χ0v) is 15.4. The molecule has 136 valence electrons. The van der Waals surface area contributed by atoms with Gasteiger partial charge in [0.15, 0.2) is 0 Å². The van der Waals surface area contributed by atoms with Crippen LogP contribution in [0, 0.1) is 0 Å². The molecule has 1 aliphatic heterocycles. The Hall–Kier alpha value is -2.69. The summed E-state index contributed by atoms with van der Waals surface area (Å²) < 4.78 is 0. The van der Waals surface area contributed by atoms with E-state index < -0.39 is 0 Å². The zero-order valence-electron chi connectivity index (χ0n) is 15.4. The Kier molecular flexibility index (Phi) is 5.66. The number of para-hydroxylation sites is 1. The average Bonchev–Trinajstić information content (AvgIpc) is 2.68. The molecule has 0 atom stereocenters. The van der Waals surface area contributed by atoms with Crippen molar-refractivity contribution in [2.45, 2.75) is 39.0 Å².